The van der Waals surface area contributed by atoms with Crippen molar-refractivity contribution in [1.82, 2.24) is 0 Å². The minimum atomic E-state index is -1.16. The first-order chi connectivity index (χ1) is 12.2. The molecule has 0 aliphatic carbocycles. The van der Waals surface area contributed by atoms with Gasteiger partial charge in [-0.1, -0.05) is 75.3 Å². The molecule has 1 rings (SSSR count). The van der Waals surface area contributed by atoms with Crippen molar-refractivity contribution >= 4 is 11.8 Å². The summed E-state index contributed by atoms with van der Waals surface area (Å²) in [5, 5.41) is 10.1. The van der Waals surface area contributed by atoms with Crippen molar-refractivity contribution in [3.8, 4) is 0 Å². The number of hydrogen-bond acceptors (Lipinski definition) is 4. The Labute approximate surface area is 157 Å². The van der Waals surface area contributed by atoms with Gasteiger partial charge in [-0.2, -0.15) is 0 Å². The lowest BCUT2D eigenvalue weighted by Gasteiger charge is -2.25. The van der Waals surface area contributed by atoms with E-state index in [0.29, 0.717) is 11.8 Å². The van der Waals surface area contributed by atoms with Gasteiger partial charge in [-0.3, -0.25) is 4.79 Å². The first-order valence-corrected chi connectivity index (χ1v) is 9.31. The minimum absolute atomic E-state index is 0.0917. The zero-order valence-electron chi connectivity index (χ0n) is 16.6. The quantitative estimate of drug-likeness (QED) is 0.378. The maximum atomic E-state index is 11.3. The molecule has 4 unspecified atom stereocenters. The standard InChI is InChI=1S/C22H32O4/c1-6-16(2)11-9-12-18(4)14-17(3)10-7-8-13-20(24)22(5)15-19(23)21(25)26-22/h7-13,16-17,20,24H,6,14-15H2,1-5H3. The van der Waals surface area contributed by atoms with Crippen molar-refractivity contribution in [2.75, 3.05) is 0 Å². The molecule has 144 valence electrons. The van der Waals surface area contributed by atoms with Crippen LogP contribution in [0.3, 0.4) is 0 Å². The average molecular weight is 360 g/mol. The van der Waals surface area contributed by atoms with E-state index >= 15 is 0 Å². The zero-order valence-corrected chi connectivity index (χ0v) is 16.6. The molecule has 0 saturated carbocycles. The number of carbonyl (C=O) groups is 2. The highest BCUT2D eigenvalue weighted by atomic mass is 16.6. The predicted molar refractivity (Wildman–Crippen MR) is 105 cm³/mol. The summed E-state index contributed by atoms with van der Waals surface area (Å²) in [5.41, 5.74) is 0.153. The molecule has 0 aromatic rings. The van der Waals surface area contributed by atoms with Gasteiger partial charge in [0.15, 0.2) is 0 Å². The van der Waals surface area contributed by atoms with Gasteiger partial charge in [0.1, 0.15) is 11.7 Å². The first kappa shape index (κ1) is 22.1. The Morgan fingerprint density at radius 3 is 2.35 bits per heavy atom. The van der Waals surface area contributed by atoms with E-state index in [2.05, 4.69) is 52.0 Å². The Hall–Kier alpha value is -1.94. The van der Waals surface area contributed by atoms with Crippen LogP contribution in [-0.4, -0.2) is 28.6 Å². The summed E-state index contributed by atoms with van der Waals surface area (Å²) < 4.78 is 4.99. The summed E-state index contributed by atoms with van der Waals surface area (Å²) >= 11 is 0. The van der Waals surface area contributed by atoms with Crippen LogP contribution in [0.4, 0.5) is 0 Å². The summed E-state index contributed by atoms with van der Waals surface area (Å²) in [6, 6.07) is 0. The molecule has 0 amide bonds. The third-order valence-corrected chi connectivity index (χ3v) is 4.64. The van der Waals surface area contributed by atoms with Gasteiger partial charge in [0.2, 0.25) is 5.78 Å². The number of aliphatic hydroxyl groups is 1. The fourth-order valence-corrected chi connectivity index (χ4v) is 2.68. The van der Waals surface area contributed by atoms with E-state index < -0.39 is 23.5 Å². The highest BCUT2D eigenvalue weighted by Crippen LogP contribution is 2.28. The van der Waals surface area contributed by atoms with Crippen molar-refractivity contribution in [2.24, 2.45) is 11.8 Å². The van der Waals surface area contributed by atoms with E-state index in [4.69, 9.17) is 4.74 Å². The SMILES string of the molecule is CCC(C)C=CC=C(C)CC(C)C=CC=CC(O)C1(C)CC(=O)C(=O)O1. The van der Waals surface area contributed by atoms with E-state index in [-0.39, 0.29) is 6.42 Å². The van der Waals surface area contributed by atoms with Gasteiger partial charge >= 0.3 is 5.97 Å². The van der Waals surface area contributed by atoms with Gasteiger partial charge in [0, 0.05) is 0 Å². The number of esters is 1. The molecule has 1 saturated heterocycles. The molecule has 4 atom stereocenters. The van der Waals surface area contributed by atoms with Gasteiger partial charge in [0.25, 0.3) is 0 Å². The monoisotopic (exact) mass is 360 g/mol. The van der Waals surface area contributed by atoms with Crippen molar-refractivity contribution in [1.29, 1.82) is 0 Å². The van der Waals surface area contributed by atoms with Crippen molar-refractivity contribution in [3.63, 3.8) is 0 Å². The highest BCUT2D eigenvalue weighted by Gasteiger charge is 2.46. The zero-order chi connectivity index (χ0) is 19.7. The number of cyclic esters (lactones) is 1. The van der Waals surface area contributed by atoms with Crippen LogP contribution in [0.2, 0.25) is 0 Å². The molecule has 0 radical (unpaired) electrons. The number of ketones is 1. The molecule has 0 aromatic carbocycles. The second-order valence-electron chi connectivity index (χ2n) is 7.48. The molecule has 1 aliphatic heterocycles. The van der Waals surface area contributed by atoms with E-state index in [1.54, 1.807) is 19.1 Å². The second kappa shape index (κ2) is 10.3. The van der Waals surface area contributed by atoms with Crippen LogP contribution in [0.1, 0.15) is 53.9 Å². The highest BCUT2D eigenvalue weighted by molar-refractivity contribution is 6.35. The number of aliphatic hydroxyl groups excluding tert-OH is 1. The van der Waals surface area contributed by atoms with Crippen molar-refractivity contribution < 1.29 is 19.4 Å². The smallest absolute Gasteiger partial charge is 0.375 e. The van der Waals surface area contributed by atoms with Gasteiger partial charge in [-0.15, -0.1) is 0 Å². The third-order valence-electron chi connectivity index (χ3n) is 4.64. The Balaban J connectivity index is 2.48. The number of rotatable bonds is 9. The lowest BCUT2D eigenvalue weighted by atomic mass is 9.94. The Kier molecular flexibility index (Phi) is 8.73. The molecule has 1 heterocycles. The Bertz CT molecular complexity index is 594. The predicted octanol–water partition coefficient (Wildman–Crippen LogP) is 4.31. The van der Waals surface area contributed by atoms with Crippen LogP contribution in [0.5, 0.6) is 0 Å². The molecule has 4 nitrogen and oxygen atoms in total. The summed E-state index contributed by atoms with van der Waals surface area (Å²) in [5.74, 6) is -0.488. The molecular weight excluding hydrogens is 328 g/mol. The van der Waals surface area contributed by atoms with Crippen LogP contribution in [0.25, 0.3) is 0 Å². The van der Waals surface area contributed by atoms with Crippen LogP contribution in [-0.2, 0) is 14.3 Å². The molecule has 26 heavy (non-hydrogen) atoms. The summed E-state index contributed by atoms with van der Waals surface area (Å²) in [4.78, 5) is 22.5. The molecule has 1 fully saturated rings. The van der Waals surface area contributed by atoms with E-state index in [0.717, 1.165) is 12.8 Å². The third kappa shape index (κ3) is 7.12. The van der Waals surface area contributed by atoms with Crippen molar-refractivity contribution in [3.05, 3.63) is 48.1 Å². The largest absolute Gasteiger partial charge is 0.450 e. The summed E-state index contributed by atoms with van der Waals surface area (Å²) in [7, 11) is 0. The van der Waals surface area contributed by atoms with Crippen molar-refractivity contribution in [2.45, 2.75) is 65.6 Å². The average Bonchev–Trinajstić information content (AvgIpc) is 2.84. The fourth-order valence-electron chi connectivity index (χ4n) is 2.68. The van der Waals surface area contributed by atoms with E-state index in [9.17, 15) is 14.7 Å². The van der Waals surface area contributed by atoms with Gasteiger partial charge < -0.3 is 9.84 Å². The maximum Gasteiger partial charge on any atom is 0.375 e. The molecule has 0 aromatic heterocycles. The fraction of sp³-hybridized carbons (Fsp3) is 0.545. The number of carbonyl (C=O) groups excluding carboxylic acids is 2. The van der Waals surface area contributed by atoms with E-state index in [1.165, 1.54) is 5.57 Å². The molecule has 1 N–H and O–H groups in total. The van der Waals surface area contributed by atoms with Gasteiger partial charge in [-0.25, -0.2) is 4.79 Å². The summed E-state index contributed by atoms with van der Waals surface area (Å²) in [6.07, 6.45) is 14.7. The van der Waals surface area contributed by atoms with E-state index in [1.807, 2.05) is 6.08 Å². The molecule has 0 bridgehead atoms. The molecular formula is C22H32O4. The lowest BCUT2D eigenvalue weighted by molar-refractivity contribution is -0.156. The number of ether oxygens (including phenoxy) is 1. The molecule has 4 heteroatoms. The maximum absolute atomic E-state index is 11.3. The van der Waals surface area contributed by atoms with Crippen LogP contribution < -0.4 is 0 Å². The topological polar surface area (TPSA) is 63.6 Å². The Morgan fingerprint density at radius 1 is 1.15 bits per heavy atom. The number of Topliss-reactive ketones (excluding diaryl/α,β-unsaturated/α-hetero) is 1. The van der Waals surface area contributed by atoms with Crippen LogP contribution >= 0.6 is 0 Å². The number of allylic oxidation sites excluding steroid dienone is 7. The molecule has 1 aliphatic rings. The Morgan fingerprint density at radius 2 is 1.77 bits per heavy atom. The van der Waals surface area contributed by atoms with Gasteiger partial charge in [0.05, 0.1) is 6.42 Å². The normalized spacial score (nSPS) is 25.4. The number of hydrogen-bond donors (Lipinski definition) is 1. The summed E-state index contributed by atoms with van der Waals surface area (Å²) in [6.45, 7) is 10.2. The second-order valence-corrected chi connectivity index (χ2v) is 7.48. The lowest BCUT2D eigenvalue weighted by Crippen LogP contribution is -2.37. The van der Waals surface area contributed by atoms with Gasteiger partial charge in [-0.05, 0) is 32.1 Å². The molecule has 0 spiro atoms. The minimum Gasteiger partial charge on any atom is -0.450 e. The first-order valence-electron chi connectivity index (χ1n) is 9.31. The van der Waals surface area contributed by atoms with Crippen LogP contribution in [0, 0.1) is 11.8 Å². The van der Waals surface area contributed by atoms with Crippen LogP contribution in [0.15, 0.2) is 48.1 Å².